The molecular weight excluding hydrogens is 244 g/mol. The highest BCUT2D eigenvalue weighted by molar-refractivity contribution is 7.09. The van der Waals surface area contributed by atoms with Crippen molar-refractivity contribution in [2.45, 2.75) is 27.7 Å². The van der Waals surface area contributed by atoms with Crippen LogP contribution in [0.1, 0.15) is 32.1 Å². The second kappa shape index (κ2) is 4.90. The molecule has 2 rings (SSSR count). The number of hydrogen-bond donors (Lipinski definition) is 1. The number of hydrogen-bond acceptors (Lipinski definition) is 3. The summed E-state index contributed by atoms with van der Waals surface area (Å²) in [6.07, 6.45) is 0. The van der Waals surface area contributed by atoms with Gasteiger partial charge < -0.3 is 5.32 Å². The van der Waals surface area contributed by atoms with Crippen LogP contribution in [-0.4, -0.2) is 10.9 Å². The van der Waals surface area contributed by atoms with E-state index in [-0.39, 0.29) is 5.91 Å². The second-order valence-corrected chi connectivity index (χ2v) is 5.54. The summed E-state index contributed by atoms with van der Waals surface area (Å²) in [5.41, 5.74) is 6.45. The monoisotopic (exact) mass is 260 g/mol. The predicted molar refractivity (Wildman–Crippen MR) is 75.5 cm³/mol. The molecule has 0 unspecified atom stereocenters. The fraction of sp³-hybridized carbons (Fsp3) is 0.286. The molecule has 0 saturated heterocycles. The zero-order chi connectivity index (χ0) is 13.3. The van der Waals surface area contributed by atoms with Gasteiger partial charge in [-0.15, -0.1) is 11.3 Å². The van der Waals surface area contributed by atoms with E-state index in [0.717, 1.165) is 21.7 Å². The number of rotatable bonds is 2. The van der Waals surface area contributed by atoms with Crippen LogP contribution in [0.4, 0.5) is 5.69 Å². The Morgan fingerprint density at radius 1 is 1.17 bits per heavy atom. The van der Waals surface area contributed by atoms with Gasteiger partial charge in [0.15, 0.2) is 0 Å². The summed E-state index contributed by atoms with van der Waals surface area (Å²) in [4.78, 5) is 17.2. The SMILES string of the molecule is Cc1cc(C)c(NC(=O)c2ncsc2C)c(C)c1. The highest BCUT2D eigenvalue weighted by atomic mass is 32.1. The molecule has 94 valence electrons. The average molecular weight is 260 g/mol. The van der Waals surface area contributed by atoms with Gasteiger partial charge in [0.05, 0.1) is 5.51 Å². The number of amides is 1. The van der Waals surface area contributed by atoms with Crippen molar-refractivity contribution in [3.8, 4) is 0 Å². The highest BCUT2D eigenvalue weighted by Crippen LogP contribution is 2.23. The van der Waals surface area contributed by atoms with E-state index in [0.29, 0.717) is 5.69 Å². The Kier molecular flexibility index (Phi) is 3.48. The molecule has 0 bridgehead atoms. The topological polar surface area (TPSA) is 42.0 Å². The Morgan fingerprint density at radius 2 is 1.78 bits per heavy atom. The maximum absolute atomic E-state index is 12.1. The van der Waals surface area contributed by atoms with Crippen molar-refractivity contribution in [3.05, 3.63) is 44.9 Å². The molecule has 18 heavy (non-hydrogen) atoms. The van der Waals surface area contributed by atoms with Gasteiger partial charge in [-0.3, -0.25) is 4.79 Å². The minimum atomic E-state index is -0.135. The van der Waals surface area contributed by atoms with Crippen molar-refractivity contribution >= 4 is 22.9 Å². The Labute approximate surface area is 111 Å². The standard InChI is InChI=1S/C14H16N2OS/c1-8-5-9(2)12(10(3)6-8)16-14(17)13-11(4)18-7-15-13/h5-7H,1-4H3,(H,16,17). The van der Waals surface area contributed by atoms with Gasteiger partial charge in [-0.1, -0.05) is 17.7 Å². The number of anilines is 1. The van der Waals surface area contributed by atoms with Crippen LogP contribution >= 0.6 is 11.3 Å². The van der Waals surface area contributed by atoms with E-state index >= 15 is 0 Å². The quantitative estimate of drug-likeness (QED) is 0.896. The Balaban J connectivity index is 2.31. The van der Waals surface area contributed by atoms with Crippen LogP contribution in [0.25, 0.3) is 0 Å². The van der Waals surface area contributed by atoms with E-state index in [1.807, 2.05) is 20.8 Å². The molecule has 0 radical (unpaired) electrons. The smallest absolute Gasteiger partial charge is 0.275 e. The summed E-state index contributed by atoms with van der Waals surface area (Å²) in [6.45, 7) is 7.96. The average Bonchev–Trinajstić information content (AvgIpc) is 2.69. The molecule has 0 aliphatic heterocycles. The van der Waals surface area contributed by atoms with Crippen LogP contribution in [0.15, 0.2) is 17.6 Å². The van der Waals surface area contributed by atoms with E-state index in [1.165, 1.54) is 16.9 Å². The zero-order valence-electron chi connectivity index (χ0n) is 11.0. The van der Waals surface area contributed by atoms with Crippen LogP contribution in [-0.2, 0) is 0 Å². The molecule has 0 fully saturated rings. The molecule has 3 nitrogen and oxygen atoms in total. The van der Waals surface area contributed by atoms with Gasteiger partial charge in [-0.25, -0.2) is 4.98 Å². The van der Waals surface area contributed by atoms with E-state index in [4.69, 9.17) is 0 Å². The molecule has 0 aliphatic carbocycles. The molecule has 1 amide bonds. The first-order valence-corrected chi connectivity index (χ1v) is 6.66. The van der Waals surface area contributed by atoms with Crippen LogP contribution in [0, 0.1) is 27.7 Å². The lowest BCUT2D eigenvalue weighted by Crippen LogP contribution is -2.15. The Morgan fingerprint density at radius 3 is 2.28 bits per heavy atom. The summed E-state index contributed by atoms with van der Waals surface area (Å²) < 4.78 is 0. The number of aryl methyl sites for hydroxylation is 4. The Bertz CT molecular complexity index is 579. The first-order valence-electron chi connectivity index (χ1n) is 5.78. The molecule has 1 heterocycles. The number of aromatic nitrogens is 1. The zero-order valence-corrected chi connectivity index (χ0v) is 11.8. The molecule has 4 heteroatoms. The van der Waals surface area contributed by atoms with Gasteiger partial charge in [0.25, 0.3) is 5.91 Å². The predicted octanol–water partition coefficient (Wildman–Crippen LogP) is 3.63. The molecule has 0 atom stereocenters. The highest BCUT2D eigenvalue weighted by Gasteiger charge is 2.14. The van der Waals surface area contributed by atoms with Crippen molar-refractivity contribution in [1.29, 1.82) is 0 Å². The van der Waals surface area contributed by atoms with Crippen molar-refractivity contribution < 1.29 is 4.79 Å². The third-order valence-corrected chi connectivity index (χ3v) is 3.63. The number of benzene rings is 1. The van der Waals surface area contributed by atoms with Crippen LogP contribution in [0.2, 0.25) is 0 Å². The lowest BCUT2D eigenvalue weighted by atomic mass is 10.0. The molecule has 1 aromatic carbocycles. The summed E-state index contributed by atoms with van der Waals surface area (Å²) in [6, 6.07) is 4.13. The fourth-order valence-corrected chi connectivity index (χ4v) is 2.65. The summed E-state index contributed by atoms with van der Waals surface area (Å²) in [5, 5.41) is 2.95. The second-order valence-electron chi connectivity index (χ2n) is 4.48. The first kappa shape index (κ1) is 12.8. The third kappa shape index (κ3) is 2.43. The van der Waals surface area contributed by atoms with Crippen molar-refractivity contribution in [2.24, 2.45) is 0 Å². The van der Waals surface area contributed by atoms with Crippen LogP contribution in [0.5, 0.6) is 0 Å². The molecule has 1 N–H and O–H groups in total. The van der Waals surface area contributed by atoms with E-state index in [9.17, 15) is 4.79 Å². The van der Waals surface area contributed by atoms with Gasteiger partial charge in [0.1, 0.15) is 5.69 Å². The van der Waals surface area contributed by atoms with Gasteiger partial charge in [-0.2, -0.15) is 0 Å². The Hall–Kier alpha value is -1.68. The molecule has 2 aromatic rings. The lowest BCUT2D eigenvalue weighted by molar-refractivity contribution is 0.102. The fourth-order valence-electron chi connectivity index (χ4n) is 2.07. The third-order valence-electron chi connectivity index (χ3n) is 2.88. The molecule has 1 aromatic heterocycles. The number of thiazole rings is 1. The molecule has 0 saturated carbocycles. The van der Waals surface area contributed by atoms with E-state index in [2.05, 4.69) is 29.4 Å². The maximum Gasteiger partial charge on any atom is 0.275 e. The largest absolute Gasteiger partial charge is 0.320 e. The minimum Gasteiger partial charge on any atom is -0.320 e. The van der Waals surface area contributed by atoms with Gasteiger partial charge in [-0.05, 0) is 38.8 Å². The summed E-state index contributed by atoms with van der Waals surface area (Å²) in [7, 11) is 0. The first-order chi connectivity index (χ1) is 8.49. The van der Waals surface area contributed by atoms with Crippen LogP contribution in [0.3, 0.4) is 0 Å². The normalized spacial score (nSPS) is 10.4. The number of carbonyl (C=O) groups excluding carboxylic acids is 1. The van der Waals surface area contributed by atoms with Crippen molar-refractivity contribution in [1.82, 2.24) is 4.98 Å². The van der Waals surface area contributed by atoms with Crippen LogP contribution < -0.4 is 5.32 Å². The van der Waals surface area contributed by atoms with Crippen molar-refractivity contribution in [3.63, 3.8) is 0 Å². The van der Waals surface area contributed by atoms with E-state index in [1.54, 1.807) is 5.51 Å². The van der Waals surface area contributed by atoms with Gasteiger partial charge in [0.2, 0.25) is 0 Å². The summed E-state index contributed by atoms with van der Waals surface area (Å²) in [5.74, 6) is -0.135. The summed E-state index contributed by atoms with van der Waals surface area (Å²) >= 11 is 1.48. The number of nitrogens with one attached hydrogen (secondary N) is 1. The number of carbonyl (C=O) groups is 1. The molecule has 0 spiro atoms. The lowest BCUT2D eigenvalue weighted by Gasteiger charge is -2.12. The van der Waals surface area contributed by atoms with Gasteiger partial charge >= 0.3 is 0 Å². The minimum absolute atomic E-state index is 0.135. The van der Waals surface area contributed by atoms with E-state index < -0.39 is 0 Å². The van der Waals surface area contributed by atoms with Crippen molar-refractivity contribution in [2.75, 3.05) is 5.32 Å². The van der Waals surface area contributed by atoms with Gasteiger partial charge in [0, 0.05) is 10.6 Å². The molecular formula is C14H16N2OS. The maximum atomic E-state index is 12.1. The number of nitrogens with zero attached hydrogens (tertiary/aromatic N) is 1. The molecule has 0 aliphatic rings.